The minimum Gasteiger partial charge on any atom is -0.485 e. The van der Waals surface area contributed by atoms with Crippen molar-refractivity contribution in [3.8, 4) is 5.75 Å². The lowest BCUT2D eigenvalue weighted by Crippen LogP contribution is -1.99. The highest BCUT2D eigenvalue weighted by atomic mass is 16.5. The lowest BCUT2D eigenvalue weighted by Gasteiger charge is -2.03. The zero-order valence-electron chi connectivity index (χ0n) is 8.71. The summed E-state index contributed by atoms with van der Waals surface area (Å²) in [6, 6.07) is 7.85. The van der Waals surface area contributed by atoms with Crippen LogP contribution in [-0.4, -0.2) is 20.2 Å². The van der Waals surface area contributed by atoms with E-state index in [-0.39, 0.29) is 0 Å². The van der Waals surface area contributed by atoms with Crippen LogP contribution in [0, 0.1) is 6.92 Å². The maximum atomic E-state index is 5.51. The van der Waals surface area contributed by atoms with Crippen LogP contribution in [-0.2, 0) is 13.7 Å². The molecular formula is C10H12N4O. The second-order valence-electron chi connectivity index (χ2n) is 3.30. The van der Waals surface area contributed by atoms with Gasteiger partial charge in [0.2, 0.25) is 5.82 Å². The first-order chi connectivity index (χ1) is 7.24. The van der Waals surface area contributed by atoms with Crippen molar-refractivity contribution in [2.75, 3.05) is 0 Å². The summed E-state index contributed by atoms with van der Waals surface area (Å²) in [6.45, 7) is 2.37. The van der Waals surface area contributed by atoms with Crippen molar-refractivity contribution in [2.24, 2.45) is 7.05 Å². The van der Waals surface area contributed by atoms with Crippen LogP contribution in [0.5, 0.6) is 5.75 Å². The first-order valence-electron chi connectivity index (χ1n) is 4.66. The number of benzene rings is 1. The smallest absolute Gasteiger partial charge is 0.212 e. The van der Waals surface area contributed by atoms with E-state index in [1.54, 1.807) is 7.05 Å². The number of nitrogens with zero attached hydrogens (tertiary/aromatic N) is 4. The van der Waals surface area contributed by atoms with Crippen LogP contribution in [0.15, 0.2) is 24.3 Å². The van der Waals surface area contributed by atoms with Gasteiger partial charge >= 0.3 is 0 Å². The number of rotatable bonds is 3. The van der Waals surface area contributed by atoms with Crippen molar-refractivity contribution in [1.29, 1.82) is 0 Å². The number of hydrogen-bond acceptors (Lipinski definition) is 4. The van der Waals surface area contributed by atoms with Crippen molar-refractivity contribution in [3.05, 3.63) is 35.7 Å². The van der Waals surface area contributed by atoms with Crippen LogP contribution >= 0.6 is 0 Å². The second kappa shape index (κ2) is 4.08. The van der Waals surface area contributed by atoms with Gasteiger partial charge in [0.1, 0.15) is 5.75 Å². The molecule has 0 amide bonds. The van der Waals surface area contributed by atoms with Crippen molar-refractivity contribution >= 4 is 0 Å². The van der Waals surface area contributed by atoms with Gasteiger partial charge in [-0.1, -0.05) is 12.1 Å². The van der Waals surface area contributed by atoms with Gasteiger partial charge in [0.05, 0.1) is 7.05 Å². The van der Waals surface area contributed by atoms with E-state index in [0.717, 1.165) is 5.75 Å². The largest absolute Gasteiger partial charge is 0.485 e. The highest BCUT2D eigenvalue weighted by Gasteiger charge is 2.01. The van der Waals surface area contributed by atoms with E-state index in [4.69, 9.17) is 4.74 Å². The summed E-state index contributed by atoms with van der Waals surface area (Å²) in [4.78, 5) is 1.41. The molecule has 0 radical (unpaired) electrons. The van der Waals surface area contributed by atoms with E-state index in [2.05, 4.69) is 15.4 Å². The van der Waals surface area contributed by atoms with Crippen molar-refractivity contribution in [1.82, 2.24) is 20.2 Å². The number of ether oxygens (including phenoxy) is 1. The molecule has 1 aromatic carbocycles. The van der Waals surface area contributed by atoms with Gasteiger partial charge in [0.15, 0.2) is 6.61 Å². The standard InChI is InChI=1S/C10H12N4O/c1-8-4-3-5-9(6-8)15-7-10-11-13-14(2)12-10/h3-6H,7H2,1-2H3. The van der Waals surface area contributed by atoms with E-state index in [1.807, 2.05) is 31.2 Å². The average molecular weight is 204 g/mol. The number of tetrazole rings is 1. The lowest BCUT2D eigenvalue weighted by atomic mass is 10.2. The number of hydrogen-bond donors (Lipinski definition) is 0. The molecule has 0 aliphatic heterocycles. The van der Waals surface area contributed by atoms with Crippen LogP contribution in [0.1, 0.15) is 11.4 Å². The van der Waals surface area contributed by atoms with Gasteiger partial charge in [0, 0.05) is 0 Å². The molecule has 2 aromatic rings. The Labute approximate surface area is 87.7 Å². The van der Waals surface area contributed by atoms with Crippen LogP contribution in [0.25, 0.3) is 0 Å². The Morgan fingerprint density at radius 2 is 2.27 bits per heavy atom. The third-order valence-electron chi connectivity index (χ3n) is 1.91. The summed E-state index contributed by atoms with van der Waals surface area (Å²) in [7, 11) is 1.73. The molecule has 5 nitrogen and oxygen atoms in total. The third kappa shape index (κ3) is 2.52. The Bertz CT molecular complexity index is 452. The van der Waals surface area contributed by atoms with Gasteiger partial charge in [-0.25, -0.2) is 0 Å². The molecule has 0 fully saturated rings. The fourth-order valence-corrected chi connectivity index (χ4v) is 1.23. The average Bonchev–Trinajstić information content (AvgIpc) is 2.62. The molecule has 0 unspecified atom stereocenters. The molecule has 0 saturated heterocycles. The van der Waals surface area contributed by atoms with Crippen LogP contribution in [0.2, 0.25) is 0 Å². The minimum atomic E-state index is 0.345. The van der Waals surface area contributed by atoms with E-state index in [0.29, 0.717) is 12.4 Å². The molecule has 0 aliphatic carbocycles. The van der Waals surface area contributed by atoms with E-state index >= 15 is 0 Å². The van der Waals surface area contributed by atoms with Crippen LogP contribution in [0.4, 0.5) is 0 Å². The van der Waals surface area contributed by atoms with E-state index < -0.39 is 0 Å². The molecular weight excluding hydrogens is 192 g/mol. The van der Waals surface area contributed by atoms with Crippen LogP contribution in [0.3, 0.4) is 0 Å². The van der Waals surface area contributed by atoms with Crippen LogP contribution < -0.4 is 4.74 Å². The first-order valence-corrected chi connectivity index (χ1v) is 4.66. The Balaban J connectivity index is 1.99. The Morgan fingerprint density at radius 1 is 1.40 bits per heavy atom. The van der Waals surface area contributed by atoms with Crippen molar-refractivity contribution < 1.29 is 4.74 Å². The molecule has 1 aromatic heterocycles. The molecule has 0 aliphatic rings. The number of aryl methyl sites for hydroxylation is 2. The Kier molecular flexibility index (Phi) is 2.62. The SMILES string of the molecule is Cc1cccc(OCc2nnn(C)n2)c1. The maximum absolute atomic E-state index is 5.51. The monoisotopic (exact) mass is 204 g/mol. The predicted octanol–water partition coefficient (Wildman–Crippen LogP) is 1.10. The predicted molar refractivity (Wildman–Crippen MR) is 54.3 cm³/mol. The zero-order valence-corrected chi connectivity index (χ0v) is 8.71. The zero-order chi connectivity index (χ0) is 10.7. The Morgan fingerprint density at radius 3 is 2.93 bits per heavy atom. The topological polar surface area (TPSA) is 52.8 Å². The van der Waals surface area contributed by atoms with Gasteiger partial charge in [-0.05, 0) is 29.8 Å². The molecule has 0 saturated carbocycles. The molecule has 1 heterocycles. The maximum Gasteiger partial charge on any atom is 0.212 e. The van der Waals surface area contributed by atoms with E-state index in [1.165, 1.54) is 10.4 Å². The Hall–Kier alpha value is -1.91. The van der Waals surface area contributed by atoms with Gasteiger partial charge in [-0.15, -0.1) is 10.2 Å². The summed E-state index contributed by atoms with van der Waals surface area (Å²) in [5, 5.41) is 11.6. The molecule has 2 rings (SSSR count). The second-order valence-corrected chi connectivity index (χ2v) is 3.30. The fraction of sp³-hybridized carbons (Fsp3) is 0.300. The molecule has 0 atom stereocenters. The normalized spacial score (nSPS) is 10.3. The summed E-state index contributed by atoms with van der Waals surface area (Å²) >= 11 is 0. The van der Waals surface area contributed by atoms with E-state index in [9.17, 15) is 0 Å². The fourth-order valence-electron chi connectivity index (χ4n) is 1.23. The van der Waals surface area contributed by atoms with Crippen molar-refractivity contribution in [3.63, 3.8) is 0 Å². The third-order valence-corrected chi connectivity index (χ3v) is 1.91. The van der Waals surface area contributed by atoms with Gasteiger partial charge in [-0.3, -0.25) is 0 Å². The molecule has 15 heavy (non-hydrogen) atoms. The summed E-state index contributed by atoms with van der Waals surface area (Å²) < 4.78 is 5.51. The summed E-state index contributed by atoms with van der Waals surface area (Å²) in [6.07, 6.45) is 0. The molecule has 78 valence electrons. The minimum absolute atomic E-state index is 0.345. The first kappa shape index (κ1) is 9.64. The molecule has 5 heteroatoms. The highest BCUT2D eigenvalue weighted by molar-refractivity contribution is 5.27. The highest BCUT2D eigenvalue weighted by Crippen LogP contribution is 2.13. The number of aromatic nitrogens is 4. The van der Waals surface area contributed by atoms with Gasteiger partial charge in [-0.2, -0.15) is 4.80 Å². The van der Waals surface area contributed by atoms with Gasteiger partial charge in [0.25, 0.3) is 0 Å². The van der Waals surface area contributed by atoms with Gasteiger partial charge < -0.3 is 4.74 Å². The summed E-state index contributed by atoms with van der Waals surface area (Å²) in [5.74, 6) is 1.40. The lowest BCUT2D eigenvalue weighted by molar-refractivity contribution is 0.295. The van der Waals surface area contributed by atoms with Crippen molar-refractivity contribution in [2.45, 2.75) is 13.5 Å². The molecule has 0 spiro atoms. The molecule has 0 bridgehead atoms. The quantitative estimate of drug-likeness (QED) is 0.751. The molecule has 0 N–H and O–H groups in total. The summed E-state index contributed by atoms with van der Waals surface area (Å²) in [5.41, 5.74) is 1.17.